The number of carbonyl (C=O) groups is 2. The number of likely N-dealkylation sites (tertiary alicyclic amines) is 1. The topological polar surface area (TPSA) is 52.7 Å². The normalized spacial score (nSPS) is 16.3. The van der Waals surface area contributed by atoms with Crippen LogP contribution in [0, 0.1) is 0 Å². The third-order valence-electron chi connectivity index (χ3n) is 5.83. The number of nitrogens with one attached hydrogen (secondary N) is 1. The van der Waals surface area contributed by atoms with Gasteiger partial charge in [-0.1, -0.05) is 30.3 Å². The highest BCUT2D eigenvalue weighted by atomic mass is 16.2. The summed E-state index contributed by atoms with van der Waals surface area (Å²) in [6.07, 6.45) is 5.59. The van der Waals surface area contributed by atoms with Crippen molar-refractivity contribution in [1.82, 2.24) is 4.90 Å². The Labute approximate surface area is 172 Å². The van der Waals surface area contributed by atoms with E-state index in [0.29, 0.717) is 18.5 Å². The zero-order valence-electron chi connectivity index (χ0n) is 16.9. The third-order valence-corrected chi connectivity index (χ3v) is 5.83. The number of nitrogens with zero attached hydrogens (tertiary/aromatic N) is 2. The maximum absolute atomic E-state index is 13.2. The second kappa shape index (κ2) is 9.12. The average Bonchev–Trinajstić information content (AvgIpc) is 3.47. The highest BCUT2D eigenvalue weighted by Crippen LogP contribution is 2.29. The van der Waals surface area contributed by atoms with Crippen LogP contribution < -0.4 is 10.2 Å². The smallest absolute Gasteiger partial charge is 0.256 e. The van der Waals surface area contributed by atoms with Crippen molar-refractivity contribution in [2.75, 3.05) is 36.4 Å². The van der Waals surface area contributed by atoms with Crippen molar-refractivity contribution in [2.24, 2.45) is 0 Å². The molecule has 2 saturated heterocycles. The van der Waals surface area contributed by atoms with E-state index >= 15 is 0 Å². The van der Waals surface area contributed by atoms with Crippen molar-refractivity contribution in [3.05, 3.63) is 59.7 Å². The molecule has 2 aromatic rings. The van der Waals surface area contributed by atoms with Crippen LogP contribution in [-0.4, -0.2) is 42.9 Å². The van der Waals surface area contributed by atoms with Crippen molar-refractivity contribution >= 4 is 23.2 Å². The molecule has 0 aromatic heterocycles. The summed E-state index contributed by atoms with van der Waals surface area (Å²) in [6, 6.07) is 15.8. The molecule has 0 radical (unpaired) electrons. The van der Waals surface area contributed by atoms with E-state index in [-0.39, 0.29) is 11.8 Å². The highest BCUT2D eigenvalue weighted by Gasteiger charge is 2.25. The number of anilines is 2. The average molecular weight is 392 g/mol. The molecule has 0 atom stereocenters. The molecule has 0 bridgehead atoms. The van der Waals surface area contributed by atoms with Crippen molar-refractivity contribution in [3.8, 4) is 0 Å². The molecule has 0 aliphatic carbocycles. The molecule has 29 heavy (non-hydrogen) atoms. The fraction of sp³-hybridized carbons (Fsp3) is 0.417. The Bertz CT molecular complexity index is 854. The molecule has 1 N–H and O–H groups in total. The van der Waals surface area contributed by atoms with Gasteiger partial charge in [0.1, 0.15) is 0 Å². The number of carbonyl (C=O) groups excluding carboxylic acids is 2. The first-order valence-electron chi connectivity index (χ1n) is 10.7. The van der Waals surface area contributed by atoms with E-state index in [1.807, 2.05) is 53.4 Å². The molecule has 0 saturated carbocycles. The quantitative estimate of drug-likeness (QED) is 0.807. The Kier molecular flexibility index (Phi) is 6.13. The SMILES string of the molecule is O=C(CCc1ccccc1)Nc1ccc(N2CCCC2)c(C(=O)N2CCCC2)c1. The van der Waals surface area contributed by atoms with Gasteiger partial charge in [0, 0.05) is 44.0 Å². The summed E-state index contributed by atoms with van der Waals surface area (Å²) >= 11 is 0. The van der Waals surface area contributed by atoms with Gasteiger partial charge < -0.3 is 15.1 Å². The number of aryl methyl sites for hydroxylation is 1. The molecule has 5 heteroatoms. The van der Waals surface area contributed by atoms with Crippen LogP contribution in [0.2, 0.25) is 0 Å². The molecular formula is C24H29N3O2. The van der Waals surface area contributed by atoms with Gasteiger partial charge in [-0.05, 0) is 55.9 Å². The summed E-state index contributed by atoms with van der Waals surface area (Å²) in [7, 11) is 0. The second-order valence-electron chi connectivity index (χ2n) is 7.96. The van der Waals surface area contributed by atoms with Crippen molar-refractivity contribution in [2.45, 2.75) is 38.5 Å². The second-order valence-corrected chi connectivity index (χ2v) is 7.96. The predicted octanol–water partition coefficient (Wildman–Crippen LogP) is 4.09. The minimum atomic E-state index is -0.0256. The van der Waals surface area contributed by atoms with Gasteiger partial charge in [-0.3, -0.25) is 9.59 Å². The van der Waals surface area contributed by atoms with Gasteiger partial charge in [0.15, 0.2) is 0 Å². The van der Waals surface area contributed by atoms with Crippen LogP contribution in [0.25, 0.3) is 0 Å². The first kappa shape index (κ1) is 19.5. The largest absolute Gasteiger partial charge is 0.371 e. The van der Waals surface area contributed by atoms with E-state index in [9.17, 15) is 9.59 Å². The van der Waals surface area contributed by atoms with E-state index in [1.165, 1.54) is 0 Å². The van der Waals surface area contributed by atoms with E-state index < -0.39 is 0 Å². The monoisotopic (exact) mass is 391 g/mol. The summed E-state index contributed by atoms with van der Waals surface area (Å²) in [5.41, 5.74) is 3.57. The number of rotatable bonds is 6. The Balaban J connectivity index is 1.48. The Morgan fingerprint density at radius 3 is 2.28 bits per heavy atom. The molecule has 0 spiro atoms. The van der Waals surface area contributed by atoms with E-state index in [2.05, 4.69) is 10.2 Å². The van der Waals surface area contributed by atoms with Crippen LogP contribution in [-0.2, 0) is 11.2 Å². The summed E-state index contributed by atoms with van der Waals surface area (Å²) in [5.74, 6) is 0.0622. The van der Waals surface area contributed by atoms with E-state index in [4.69, 9.17) is 0 Å². The maximum atomic E-state index is 13.2. The number of amides is 2. The van der Waals surface area contributed by atoms with E-state index in [1.54, 1.807) is 0 Å². The Hall–Kier alpha value is -2.82. The summed E-state index contributed by atoms with van der Waals surface area (Å²) in [5, 5.41) is 2.99. The van der Waals surface area contributed by atoms with E-state index in [0.717, 1.165) is 68.7 Å². The van der Waals surface area contributed by atoms with Gasteiger partial charge in [0.05, 0.1) is 5.56 Å². The molecule has 0 unspecified atom stereocenters. The van der Waals surface area contributed by atoms with Crippen molar-refractivity contribution in [1.29, 1.82) is 0 Å². The fourth-order valence-corrected chi connectivity index (χ4v) is 4.24. The molecule has 5 nitrogen and oxygen atoms in total. The molecule has 152 valence electrons. The van der Waals surface area contributed by atoms with Crippen LogP contribution in [0.1, 0.15) is 48.0 Å². The van der Waals surface area contributed by atoms with Gasteiger partial charge in [0.2, 0.25) is 5.91 Å². The lowest BCUT2D eigenvalue weighted by Gasteiger charge is -2.24. The molecule has 2 fully saturated rings. The molecule has 2 aromatic carbocycles. The summed E-state index contributed by atoms with van der Waals surface area (Å²) < 4.78 is 0. The number of benzene rings is 2. The van der Waals surface area contributed by atoms with Gasteiger partial charge >= 0.3 is 0 Å². The van der Waals surface area contributed by atoms with Gasteiger partial charge in [-0.2, -0.15) is 0 Å². The van der Waals surface area contributed by atoms with Crippen molar-refractivity contribution in [3.63, 3.8) is 0 Å². The molecule has 2 aliphatic heterocycles. The third kappa shape index (κ3) is 4.78. The lowest BCUT2D eigenvalue weighted by atomic mass is 10.1. The van der Waals surface area contributed by atoms with Crippen molar-refractivity contribution < 1.29 is 9.59 Å². The number of hydrogen-bond acceptors (Lipinski definition) is 3. The maximum Gasteiger partial charge on any atom is 0.256 e. The zero-order valence-corrected chi connectivity index (χ0v) is 16.9. The molecular weight excluding hydrogens is 362 g/mol. The Morgan fingerprint density at radius 2 is 1.55 bits per heavy atom. The molecule has 4 rings (SSSR count). The summed E-state index contributed by atoms with van der Waals surface area (Å²) in [4.78, 5) is 29.8. The first-order chi connectivity index (χ1) is 14.2. The van der Waals surface area contributed by atoms with Crippen LogP contribution in [0.4, 0.5) is 11.4 Å². The molecule has 2 aliphatic rings. The highest BCUT2D eigenvalue weighted by molar-refractivity contribution is 6.02. The van der Waals surface area contributed by atoms with Gasteiger partial charge in [0.25, 0.3) is 5.91 Å². The number of hydrogen-bond donors (Lipinski definition) is 1. The predicted molar refractivity (Wildman–Crippen MR) is 116 cm³/mol. The minimum Gasteiger partial charge on any atom is -0.371 e. The van der Waals surface area contributed by atoms with Crippen LogP contribution in [0.3, 0.4) is 0 Å². The van der Waals surface area contributed by atoms with Gasteiger partial charge in [-0.15, -0.1) is 0 Å². The van der Waals surface area contributed by atoms with Crippen LogP contribution >= 0.6 is 0 Å². The first-order valence-corrected chi connectivity index (χ1v) is 10.7. The molecule has 2 amide bonds. The fourth-order valence-electron chi connectivity index (χ4n) is 4.24. The Morgan fingerprint density at radius 1 is 0.862 bits per heavy atom. The standard InChI is InChI=1S/C24H29N3O2/c28-23(13-10-19-8-2-1-3-9-19)25-20-11-12-22(26-14-4-5-15-26)21(18-20)24(29)27-16-6-7-17-27/h1-3,8-9,11-12,18H,4-7,10,13-17H2,(H,25,28). The summed E-state index contributed by atoms with van der Waals surface area (Å²) in [6.45, 7) is 3.63. The lowest BCUT2D eigenvalue weighted by molar-refractivity contribution is -0.116. The minimum absolute atomic E-state index is 0.0256. The lowest BCUT2D eigenvalue weighted by Crippen LogP contribution is -2.30. The van der Waals surface area contributed by atoms with Crippen LogP contribution in [0.15, 0.2) is 48.5 Å². The zero-order chi connectivity index (χ0) is 20.1. The van der Waals surface area contributed by atoms with Gasteiger partial charge in [-0.25, -0.2) is 0 Å². The van der Waals surface area contributed by atoms with Crippen LogP contribution in [0.5, 0.6) is 0 Å². The molecule has 2 heterocycles.